The Kier molecular flexibility index (Phi) is 4.05. The number of hydrogen-bond donors (Lipinski definition) is 2. The number of nitrogens with zero attached hydrogens (tertiary/aromatic N) is 1. The fourth-order valence-corrected chi connectivity index (χ4v) is 2.48. The van der Waals surface area contributed by atoms with Crippen LogP contribution in [0.15, 0.2) is 0 Å². The second-order valence-corrected chi connectivity index (χ2v) is 5.55. The first-order chi connectivity index (χ1) is 8.19. The summed E-state index contributed by atoms with van der Waals surface area (Å²) in [7, 11) is 0. The van der Waals surface area contributed by atoms with Gasteiger partial charge in [0.1, 0.15) is 0 Å². The SMILES string of the molecule is CCC1(CO)CCN(C(=O)CNC2CC2)CC1. The third-order valence-electron chi connectivity index (χ3n) is 4.38. The van der Waals surface area contributed by atoms with Crippen LogP contribution in [0, 0.1) is 5.41 Å². The zero-order chi connectivity index (χ0) is 12.3. The van der Waals surface area contributed by atoms with Crippen molar-refractivity contribution in [3.63, 3.8) is 0 Å². The van der Waals surface area contributed by atoms with Crippen molar-refractivity contribution in [2.24, 2.45) is 5.41 Å². The van der Waals surface area contributed by atoms with E-state index in [1.165, 1.54) is 12.8 Å². The van der Waals surface area contributed by atoms with E-state index in [2.05, 4.69) is 12.2 Å². The van der Waals surface area contributed by atoms with E-state index in [1.807, 2.05) is 4.90 Å². The van der Waals surface area contributed by atoms with Crippen molar-refractivity contribution in [1.29, 1.82) is 0 Å². The van der Waals surface area contributed by atoms with Crippen LogP contribution in [0.4, 0.5) is 0 Å². The van der Waals surface area contributed by atoms with E-state index < -0.39 is 0 Å². The fraction of sp³-hybridized carbons (Fsp3) is 0.923. The third kappa shape index (κ3) is 3.19. The van der Waals surface area contributed by atoms with Crippen LogP contribution in [0.2, 0.25) is 0 Å². The maximum atomic E-state index is 11.9. The molecule has 1 heterocycles. The van der Waals surface area contributed by atoms with Crippen molar-refractivity contribution in [3.05, 3.63) is 0 Å². The second-order valence-electron chi connectivity index (χ2n) is 5.55. The quantitative estimate of drug-likeness (QED) is 0.745. The summed E-state index contributed by atoms with van der Waals surface area (Å²) in [4.78, 5) is 13.9. The Morgan fingerprint density at radius 2 is 2.06 bits per heavy atom. The van der Waals surface area contributed by atoms with Gasteiger partial charge in [0.25, 0.3) is 0 Å². The van der Waals surface area contributed by atoms with Crippen molar-refractivity contribution in [2.45, 2.75) is 45.1 Å². The van der Waals surface area contributed by atoms with Crippen molar-refractivity contribution < 1.29 is 9.90 Å². The molecule has 17 heavy (non-hydrogen) atoms. The van der Waals surface area contributed by atoms with Gasteiger partial charge in [0.05, 0.1) is 6.54 Å². The first-order valence-corrected chi connectivity index (χ1v) is 6.81. The molecule has 0 bridgehead atoms. The Hall–Kier alpha value is -0.610. The molecule has 1 amide bonds. The molecule has 2 fully saturated rings. The molecule has 2 rings (SSSR count). The lowest BCUT2D eigenvalue weighted by atomic mass is 9.77. The van der Waals surface area contributed by atoms with E-state index in [-0.39, 0.29) is 17.9 Å². The van der Waals surface area contributed by atoms with Crippen molar-refractivity contribution in [3.8, 4) is 0 Å². The molecule has 1 aliphatic heterocycles. The second kappa shape index (κ2) is 5.36. The molecular formula is C13H24N2O2. The number of hydrogen-bond acceptors (Lipinski definition) is 3. The summed E-state index contributed by atoms with van der Waals surface area (Å²) < 4.78 is 0. The van der Waals surface area contributed by atoms with E-state index in [1.54, 1.807) is 0 Å². The van der Waals surface area contributed by atoms with Crippen molar-refractivity contribution in [1.82, 2.24) is 10.2 Å². The number of piperidine rings is 1. The lowest BCUT2D eigenvalue weighted by Gasteiger charge is -2.40. The Balaban J connectivity index is 1.75. The Bertz CT molecular complexity index is 263. The predicted octanol–water partition coefficient (Wildman–Crippen LogP) is 0.749. The molecule has 1 saturated heterocycles. The highest BCUT2D eigenvalue weighted by Crippen LogP contribution is 2.34. The molecule has 0 aromatic carbocycles. The molecule has 2 aliphatic rings. The third-order valence-corrected chi connectivity index (χ3v) is 4.38. The highest BCUT2D eigenvalue weighted by molar-refractivity contribution is 5.78. The molecule has 1 aliphatic carbocycles. The predicted molar refractivity (Wildman–Crippen MR) is 66.6 cm³/mol. The summed E-state index contributed by atoms with van der Waals surface area (Å²) in [6.45, 7) is 4.48. The van der Waals surface area contributed by atoms with E-state index in [0.717, 1.165) is 32.4 Å². The van der Waals surface area contributed by atoms with Gasteiger partial charge < -0.3 is 15.3 Å². The molecule has 0 atom stereocenters. The van der Waals surface area contributed by atoms with Crippen LogP contribution >= 0.6 is 0 Å². The first-order valence-electron chi connectivity index (χ1n) is 6.81. The lowest BCUT2D eigenvalue weighted by molar-refractivity contribution is -0.133. The molecule has 1 saturated carbocycles. The van der Waals surface area contributed by atoms with Gasteiger partial charge >= 0.3 is 0 Å². The van der Waals surface area contributed by atoms with Crippen molar-refractivity contribution >= 4 is 5.91 Å². The number of carbonyl (C=O) groups excluding carboxylic acids is 1. The van der Waals surface area contributed by atoms with Crippen LogP contribution in [0.5, 0.6) is 0 Å². The van der Waals surface area contributed by atoms with E-state index >= 15 is 0 Å². The summed E-state index contributed by atoms with van der Waals surface area (Å²) in [5.41, 5.74) is 0.0701. The van der Waals surface area contributed by atoms with Crippen LogP contribution < -0.4 is 5.32 Å². The number of amides is 1. The van der Waals surface area contributed by atoms with Crippen LogP contribution in [0.1, 0.15) is 39.0 Å². The maximum Gasteiger partial charge on any atom is 0.236 e. The molecule has 2 N–H and O–H groups in total. The minimum Gasteiger partial charge on any atom is -0.396 e. The average Bonchev–Trinajstić information content (AvgIpc) is 3.20. The molecule has 0 spiro atoms. The van der Waals surface area contributed by atoms with Gasteiger partial charge in [-0.3, -0.25) is 4.79 Å². The zero-order valence-corrected chi connectivity index (χ0v) is 10.7. The standard InChI is InChI=1S/C13H24N2O2/c1-2-13(10-16)5-7-15(8-6-13)12(17)9-14-11-3-4-11/h11,14,16H,2-10H2,1H3. The molecule has 98 valence electrons. The number of rotatable bonds is 5. The highest BCUT2D eigenvalue weighted by Gasteiger charge is 2.34. The normalized spacial score (nSPS) is 23.8. The summed E-state index contributed by atoms with van der Waals surface area (Å²) >= 11 is 0. The summed E-state index contributed by atoms with van der Waals surface area (Å²) in [6, 6.07) is 0.593. The number of nitrogens with one attached hydrogen (secondary N) is 1. The minimum absolute atomic E-state index is 0.0701. The average molecular weight is 240 g/mol. The minimum atomic E-state index is 0.0701. The fourth-order valence-electron chi connectivity index (χ4n) is 2.48. The van der Waals surface area contributed by atoms with Gasteiger partial charge in [-0.1, -0.05) is 6.92 Å². The molecule has 4 nitrogen and oxygen atoms in total. The van der Waals surface area contributed by atoms with Crippen molar-refractivity contribution in [2.75, 3.05) is 26.2 Å². The molecule has 0 radical (unpaired) electrons. The van der Waals surface area contributed by atoms with Gasteiger partial charge in [-0.05, 0) is 37.5 Å². The van der Waals surface area contributed by atoms with Crippen LogP contribution in [-0.2, 0) is 4.79 Å². The molecular weight excluding hydrogens is 216 g/mol. The topological polar surface area (TPSA) is 52.6 Å². The smallest absolute Gasteiger partial charge is 0.236 e. The Morgan fingerprint density at radius 1 is 1.41 bits per heavy atom. The van der Waals surface area contributed by atoms with Gasteiger partial charge in [0.2, 0.25) is 5.91 Å². The van der Waals surface area contributed by atoms with E-state index in [4.69, 9.17) is 0 Å². The van der Waals surface area contributed by atoms with E-state index in [0.29, 0.717) is 12.6 Å². The van der Waals surface area contributed by atoms with Gasteiger partial charge in [-0.2, -0.15) is 0 Å². The van der Waals surface area contributed by atoms with Gasteiger partial charge in [-0.15, -0.1) is 0 Å². The Labute approximate surface area is 103 Å². The summed E-state index contributed by atoms with van der Waals surface area (Å²) in [5.74, 6) is 0.222. The molecule has 0 aromatic heterocycles. The molecule has 4 heteroatoms. The summed E-state index contributed by atoms with van der Waals surface area (Å²) in [6.07, 6.45) is 5.32. The largest absolute Gasteiger partial charge is 0.396 e. The number of likely N-dealkylation sites (tertiary alicyclic amines) is 1. The summed E-state index contributed by atoms with van der Waals surface area (Å²) in [5, 5.41) is 12.7. The first kappa shape index (κ1) is 12.8. The van der Waals surface area contributed by atoms with Crippen LogP contribution in [-0.4, -0.2) is 48.2 Å². The van der Waals surface area contributed by atoms with Gasteiger partial charge in [-0.25, -0.2) is 0 Å². The Morgan fingerprint density at radius 3 is 2.53 bits per heavy atom. The van der Waals surface area contributed by atoms with E-state index in [9.17, 15) is 9.90 Å². The number of carbonyl (C=O) groups is 1. The zero-order valence-electron chi connectivity index (χ0n) is 10.7. The maximum absolute atomic E-state index is 11.9. The van der Waals surface area contributed by atoms with Gasteiger partial charge in [0, 0.05) is 25.7 Å². The number of aliphatic hydroxyl groups excluding tert-OH is 1. The monoisotopic (exact) mass is 240 g/mol. The number of aliphatic hydroxyl groups is 1. The van der Waals surface area contributed by atoms with Crippen LogP contribution in [0.3, 0.4) is 0 Å². The molecule has 0 unspecified atom stereocenters. The van der Waals surface area contributed by atoms with Crippen LogP contribution in [0.25, 0.3) is 0 Å². The molecule has 0 aromatic rings. The van der Waals surface area contributed by atoms with Gasteiger partial charge in [0.15, 0.2) is 0 Å². The lowest BCUT2D eigenvalue weighted by Crippen LogP contribution is -2.47. The highest BCUT2D eigenvalue weighted by atomic mass is 16.3.